The van der Waals surface area contributed by atoms with Crippen LogP contribution in [0.5, 0.6) is 5.75 Å². The Balaban J connectivity index is 0.00000288. The van der Waals surface area contributed by atoms with Gasteiger partial charge in [0.1, 0.15) is 5.75 Å². The summed E-state index contributed by atoms with van der Waals surface area (Å²) in [5.74, 6) is 2.58. The van der Waals surface area contributed by atoms with E-state index < -0.39 is 0 Å². The Labute approximate surface area is 163 Å². The Morgan fingerprint density at radius 2 is 1.96 bits per heavy atom. The van der Waals surface area contributed by atoms with E-state index in [2.05, 4.69) is 33.6 Å². The topological polar surface area (TPSA) is 48.9 Å². The van der Waals surface area contributed by atoms with E-state index in [0.717, 1.165) is 37.1 Å². The predicted molar refractivity (Wildman–Crippen MR) is 112 cm³/mol. The van der Waals surface area contributed by atoms with Crippen LogP contribution in [-0.2, 0) is 6.42 Å². The average Bonchev–Trinajstić information content (AvgIpc) is 2.59. The number of piperidine rings is 1. The highest BCUT2D eigenvalue weighted by molar-refractivity contribution is 14.0. The minimum atomic E-state index is 0. The van der Waals surface area contributed by atoms with Crippen molar-refractivity contribution in [2.45, 2.75) is 19.3 Å². The van der Waals surface area contributed by atoms with Crippen molar-refractivity contribution in [2.75, 3.05) is 47.4 Å². The maximum Gasteiger partial charge on any atom is 0.190 e. The highest BCUT2D eigenvalue weighted by Gasteiger charge is 2.16. The molecule has 0 aliphatic carbocycles. The molecule has 2 N–H and O–H groups in total. The zero-order valence-corrected chi connectivity index (χ0v) is 17.4. The number of likely N-dealkylation sites (tertiary alicyclic amines) is 1. The van der Waals surface area contributed by atoms with Gasteiger partial charge >= 0.3 is 0 Å². The molecule has 0 aromatic heterocycles. The SMILES string of the molecule is CN=C(NCCc1ccccc1OC)NCC1CCN(C)CC1.I. The van der Waals surface area contributed by atoms with Crippen molar-refractivity contribution in [2.24, 2.45) is 10.9 Å². The van der Waals surface area contributed by atoms with Crippen LogP contribution in [0.15, 0.2) is 29.3 Å². The summed E-state index contributed by atoms with van der Waals surface area (Å²) in [6.45, 7) is 4.24. The smallest absolute Gasteiger partial charge is 0.190 e. The molecule has 2 rings (SSSR count). The number of aliphatic imine (C=N–C) groups is 1. The van der Waals surface area contributed by atoms with E-state index >= 15 is 0 Å². The quantitative estimate of drug-likeness (QED) is 0.400. The molecule has 0 atom stereocenters. The van der Waals surface area contributed by atoms with Gasteiger partial charge < -0.3 is 20.3 Å². The Bertz CT molecular complexity index is 502. The molecule has 1 saturated heterocycles. The van der Waals surface area contributed by atoms with Gasteiger partial charge in [-0.05, 0) is 56.9 Å². The number of halogens is 1. The van der Waals surface area contributed by atoms with E-state index in [1.165, 1.54) is 31.5 Å². The molecule has 24 heavy (non-hydrogen) atoms. The van der Waals surface area contributed by atoms with Crippen LogP contribution in [0.3, 0.4) is 0 Å². The van der Waals surface area contributed by atoms with Crippen LogP contribution < -0.4 is 15.4 Å². The fraction of sp³-hybridized carbons (Fsp3) is 0.611. The number of hydrogen-bond donors (Lipinski definition) is 2. The van der Waals surface area contributed by atoms with Crippen molar-refractivity contribution >= 4 is 29.9 Å². The molecule has 0 spiro atoms. The molecule has 0 saturated carbocycles. The standard InChI is InChI=1S/C18H30N4O.HI/c1-19-18(21-14-15-9-12-22(2)13-10-15)20-11-8-16-6-4-5-7-17(16)23-3;/h4-7,15H,8-14H2,1-3H3,(H2,19,20,21);1H. The number of nitrogens with zero attached hydrogens (tertiary/aromatic N) is 2. The second-order valence-electron chi connectivity index (χ2n) is 6.19. The van der Waals surface area contributed by atoms with E-state index in [0.29, 0.717) is 0 Å². The van der Waals surface area contributed by atoms with Gasteiger partial charge in [0, 0.05) is 20.1 Å². The van der Waals surface area contributed by atoms with Crippen LogP contribution in [0.1, 0.15) is 18.4 Å². The van der Waals surface area contributed by atoms with Crippen LogP contribution in [0.2, 0.25) is 0 Å². The summed E-state index contributed by atoms with van der Waals surface area (Å²) in [7, 11) is 5.74. The molecule has 0 unspecified atom stereocenters. The number of nitrogens with one attached hydrogen (secondary N) is 2. The van der Waals surface area contributed by atoms with Crippen LogP contribution in [0.4, 0.5) is 0 Å². The summed E-state index contributed by atoms with van der Waals surface area (Å²) >= 11 is 0. The third-order valence-corrected chi connectivity index (χ3v) is 4.50. The van der Waals surface area contributed by atoms with Crippen LogP contribution in [0, 0.1) is 5.92 Å². The van der Waals surface area contributed by atoms with Crippen LogP contribution >= 0.6 is 24.0 Å². The van der Waals surface area contributed by atoms with E-state index in [1.54, 1.807) is 7.11 Å². The highest BCUT2D eigenvalue weighted by Crippen LogP contribution is 2.17. The Kier molecular flexibility index (Phi) is 10.1. The van der Waals surface area contributed by atoms with Gasteiger partial charge in [-0.1, -0.05) is 18.2 Å². The molecule has 0 radical (unpaired) electrons. The van der Waals surface area contributed by atoms with E-state index in [4.69, 9.17) is 4.74 Å². The van der Waals surface area contributed by atoms with Gasteiger partial charge in [0.05, 0.1) is 7.11 Å². The van der Waals surface area contributed by atoms with Gasteiger partial charge in [0.25, 0.3) is 0 Å². The van der Waals surface area contributed by atoms with Gasteiger partial charge in [-0.2, -0.15) is 0 Å². The first-order valence-corrected chi connectivity index (χ1v) is 8.48. The Morgan fingerprint density at radius 1 is 1.25 bits per heavy atom. The van der Waals surface area contributed by atoms with Crippen molar-refractivity contribution in [3.05, 3.63) is 29.8 Å². The number of guanidine groups is 1. The zero-order chi connectivity index (χ0) is 16.5. The van der Waals surface area contributed by atoms with Gasteiger partial charge in [-0.3, -0.25) is 4.99 Å². The lowest BCUT2D eigenvalue weighted by molar-refractivity contribution is 0.220. The summed E-state index contributed by atoms with van der Waals surface area (Å²) in [6, 6.07) is 8.15. The van der Waals surface area contributed by atoms with Crippen LogP contribution in [-0.4, -0.2) is 58.2 Å². The summed E-state index contributed by atoms with van der Waals surface area (Å²) in [4.78, 5) is 6.71. The van der Waals surface area contributed by atoms with Crippen molar-refractivity contribution in [3.63, 3.8) is 0 Å². The fourth-order valence-corrected chi connectivity index (χ4v) is 2.95. The number of hydrogen-bond acceptors (Lipinski definition) is 3. The third-order valence-electron chi connectivity index (χ3n) is 4.50. The van der Waals surface area contributed by atoms with E-state index in [-0.39, 0.29) is 24.0 Å². The zero-order valence-electron chi connectivity index (χ0n) is 15.0. The van der Waals surface area contributed by atoms with Crippen molar-refractivity contribution in [3.8, 4) is 5.75 Å². The second kappa shape index (κ2) is 11.5. The molecular formula is C18H31IN4O. The fourth-order valence-electron chi connectivity index (χ4n) is 2.95. The molecule has 1 aromatic carbocycles. The molecule has 1 aromatic rings. The molecule has 1 fully saturated rings. The molecule has 0 amide bonds. The summed E-state index contributed by atoms with van der Waals surface area (Å²) < 4.78 is 5.39. The largest absolute Gasteiger partial charge is 0.496 e. The first kappa shape index (κ1) is 21.0. The molecule has 5 nitrogen and oxygen atoms in total. The van der Waals surface area contributed by atoms with Gasteiger partial charge in [0.15, 0.2) is 5.96 Å². The molecule has 136 valence electrons. The molecule has 1 heterocycles. The monoisotopic (exact) mass is 446 g/mol. The van der Waals surface area contributed by atoms with Crippen molar-refractivity contribution in [1.29, 1.82) is 0 Å². The lowest BCUT2D eigenvalue weighted by Crippen LogP contribution is -2.42. The number of benzene rings is 1. The van der Waals surface area contributed by atoms with Gasteiger partial charge in [-0.15, -0.1) is 24.0 Å². The van der Waals surface area contributed by atoms with Gasteiger partial charge in [-0.25, -0.2) is 0 Å². The molecule has 6 heteroatoms. The summed E-state index contributed by atoms with van der Waals surface area (Å²) in [5.41, 5.74) is 1.22. The molecule has 0 bridgehead atoms. The summed E-state index contributed by atoms with van der Waals surface area (Å²) in [6.07, 6.45) is 3.45. The highest BCUT2D eigenvalue weighted by atomic mass is 127. The summed E-state index contributed by atoms with van der Waals surface area (Å²) in [5, 5.41) is 6.85. The lowest BCUT2D eigenvalue weighted by atomic mass is 9.97. The first-order valence-electron chi connectivity index (χ1n) is 8.48. The normalized spacial score (nSPS) is 16.4. The minimum absolute atomic E-state index is 0. The van der Waals surface area contributed by atoms with E-state index in [9.17, 15) is 0 Å². The Morgan fingerprint density at radius 3 is 2.62 bits per heavy atom. The number of ether oxygens (including phenoxy) is 1. The molecular weight excluding hydrogens is 415 g/mol. The Hall–Kier alpha value is -1.02. The number of methoxy groups -OCH3 is 1. The van der Waals surface area contributed by atoms with Gasteiger partial charge in [0.2, 0.25) is 0 Å². The molecule has 1 aliphatic rings. The van der Waals surface area contributed by atoms with Crippen molar-refractivity contribution in [1.82, 2.24) is 15.5 Å². The van der Waals surface area contributed by atoms with Crippen LogP contribution in [0.25, 0.3) is 0 Å². The first-order chi connectivity index (χ1) is 11.2. The maximum absolute atomic E-state index is 5.39. The van der Waals surface area contributed by atoms with E-state index in [1.807, 2.05) is 25.2 Å². The van der Waals surface area contributed by atoms with Crippen molar-refractivity contribution < 1.29 is 4.74 Å². The average molecular weight is 446 g/mol. The minimum Gasteiger partial charge on any atom is -0.496 e. The third kappa shape index (κ3) is 6.84. The second-order valence-corrected chi connectivity index (χ2v) is 6.19. The lowest BCUT2D eigenvalue weighted by Gasteiger charge is -2.29. The molecule has 1 aliphatic heterocycles. The number of para-hydroxylation sites is 1. The predicted octanol–water partition coefficient (Wildman–Crippen LogP) is 2.36. The number of rotatable bonds is 6. The maximum atomic E-state index is 5.39.